The zero-order valence-electron chi connectivity index (χ0n) is 15.3. The minimum Gasteiger partial charge on any atom is -0.352 e. The normalized spacial score (nSPS) is 20.2. The van der Waals surface area contributed by atoms with E-state index in [0.717, 1.165) is 30.2 Å². The molecule has 3 N–H and O–H groups in total. The number of nitrogens with two attached hydrogens (primary N) is 1. The van der Waals surface area contributed by atoms with Gasteiger partial charge in [-0.05, 0) is 41.7 Å². The van der Waals surface area contributed by atoms with Crippen LogP contribution in [-0.2, 0) is 4.79 Å². The van der Waals surface area contributed by atoms with Gasteiger partial charge in [-0.25, -0.2) is 0 Å². The zero-order valence-corrected chi connectivity index (χ0v) is 15.3. The molecule has 1 aliphatic rings. The topological polar surface area (TPSA) is 75.4 Å². The minimum absolute atomic E-state index is 0.0751. The third-order valence-electron chi connectivity index (χ3n) is 5.21. The van der Waals surface area contributed by atoms with Gasteiger partial charge in [0, 0.05) is 37.7 Å². The van der Waals surface area contributed by atoms with Gasteiger partial charge in [0.05, 0.1) is 0 Å². The number of rotatable bonds is 5. The lowest BCUT2D eigenvalue weighted by atomic mass is 9.92. The largest absolute Gasteiger partial charge is 0.352 e. The Morgan fingerprint density at radius 2 is 1.96 bits per heavy atom. The summed E-state index contributed by atoms with van der Waals surface area (Å²) in [4.78, 5) is 26.7. The number of carbonyl (C=O) groups is 2. The van der Waals surface area contributed by atoms with Crippen molar-refractivity contribution in [2.24, 2.45) is 11.7 Å². The van der Waals surface area contributed by atoms with Crippen molar-refractivity contribution in [1.29, 1.82) is 0 Å². The Labute approximate surface area is 154 Å². The number of likely N-dealkylation sites (tertiary alicyclic amines) is 1. The Balaban J connectivity index is 1.53. The Kier molecular flexibility index (Phi) is 5.89. The van der Waals surface area contributed by atoms with Crippen LogP contribution < -0.4 is 11.1 Å². The SMILES string of the molecule is CC1CCN(C(=O)CCNC(=O)c2ccc3ccccc3c2)C(CN)C1. The van der Waals surface area contributed by atoms with Crippen LogP contribution in [0, 0.1) is 5.92 Å². The summed E-state index contributed by atoms with van der Waals surface area (Å²) in [6, 6.07) is 13.7. The quantitative estimate of drug-likeness (QED) is 0.867. The third-order valence-corrected chi connectivity index (χ3v) is 5.21. The van der Waals surface area contributed by atoms with E-state index >= 15 is 0 Å². The number of benzene rings is 2. The summed E-state index contributed by atoms with van der Waals surface area (Å²) in [5.41, 5.74) is 6.44. The molecule has 2 amide bonds. The number of amides is 2. The van der Waals surface area contributed by atoms with Gasteiger partial charge >= 0.3 is 0 Å². The second-order valence-corrected chi connectivity index (χ2v) is 7.17. The summed E-state index contributed by atoms with van der Waals surface area (Å²) in [6.45, 7) is 3.81. The van der Waals surface area contributed by atoms with E-state index in [9.17, 15) is 9.59 Å². The van der Waals surface area contributed by atoms with Crippen molar-refractivity contribution in [3.05, 3.63) is 48.0 Å². The van der Waals surface area contributed by atoms with Gasteiger partial charge in [0.2, 0.25) is 5.91 Å². The van der Waals surface area contributed by atoms with Crippen LogP contribution in [0.1, 0.15) is 36.5 Å². The molecular formula is C21H27N3O2. The molecule has 2 unspecified atom stereocenters. The van der Waals surface area contributed by atoms with Crippen LogP contribution in [0.25, 0.3) is 10.8 Å². The van der Waals surface area contributed by atoms with Crippen molar-refractivity contribution in [2.45, 2.75) is 32.2 Å². The van der Waals surface area contributed by atoms with Gasteiger partial charge in [0.15, 0.2) is 0 Å². The number of carbonyl (C=O) groups excluding carboxylic acids is 2. The number of hydrogen-bond acceptors (Lipinski definition) is 3. The van der Waals surface area contributed by atoms with Crippen molar-refractivity contribution >= 4 is 22.6 Å². The molecule has 138 valence electrons. The van der Waals surface area contributed by atoms with Crippen molar-refractivity contribution in [1.82, 2.24) is 10.2 Å². The Bertz CT molecular complexity index is 790. The lowest BCUT2D eigenvalue weighted by Crippen LogP contribution is -2.49. The molecule has 1 heterocycles. The molecule has 1 saturated heterocycles. The van der Waals surface area contributed by atoms with Crippen molar-refractivity contribution < 1.29 is 9.59 Å². The molecule has 26 heavy (non-hydrogen) atoms. The Hall–Kier alpha value is -2.40. The van der Waals surface area contributed by atoms with Crippen LogP contribution >= 0.6 is 0 Å². The molecule has 0 aromatic heterocycles. The van der Waals surface area contributed by atoms with Gasteiger partial charge in [-0.2, -0.15) is 0 Å². The molecule has 5 heteroatoms. The summed E-state index contributed by atoms with van der Waals surface area (Å²) in [6.07, 6.45) is 2.29. The highest BCUT2D eigenvalue weighted by atomic mass is 16.2. The molecule has 5 nitrogen and oxygen atoms in total. The summed E-state index contributed by atoms with van der Waals surface area (Å²) in [5.74, 6) is 0.539. The molecule has 0 bridgehead atoms. The summed E-state index contributed by atoms with van der Waals surface area (Å²) in [5, 5.41) is 4.99. The van der Waals surface area contributed by atoms with Gasteiger partial charge in [0.25, 0.3) is 5.91 Å². The summed E-state index contributed by atoms with van der Waals surface area (Å²) in [7, 11) is 0. The average Bonchev–Trinajstić information content (AvgIpc) is 2.67. The lowest BCUT2D eigenvalue weighted by molar-refractivity contribution is -0.135. The van der Waals surface area contributed by atoms with Gasteiger partial charge in [-0.3, -0.25) is 9.59 Å². The highest BCUT2D eigenvalue weighted by Gasteiger charge is 2.28. The predicted molar refractivity (Wildman–Crippen MR) is 104 cm³/mol. The monoisotopic (exact) mass is 353 g/mol. The molecule has 0 radical (unpaired) electrons. The van der Waals surface area contributed by atoms with Crippen molar-refractivity contribution in [2.75, 3.05) is 19.6 Å². The molecule has 2 aromatic carbocycles. The minimum atomic E-state index is -0.147. The smallest absolute Gasteiger partial charge is 0.251 e. The molecule has 0 saturated carbocycles. The molecule has 0 spiro atoms. The average molecular weight is 353 g/mol. The van der Waals surface area contributed by atoms with Gasteiger partial charge in [-0.1, -0.05) is 37.3 Å². The predicted octanol–water partition coefficient (Wildman–Crippen LogP) is 2.55. The first-order valence-corrected chi connectivity index (χ1v) is 9.35. The zero-order chi connectivity index (χ0) is 18.5. The lowest BCUT2D eigenvalue weighted by Gasteiger charge is -2.38. The number of fused-ring (bicyclic) bond motifs is 1. The molecule has 3 rings (SSSR count). The van der Waals surface area contributed by atoms with E-state index in [1.165, 1.54) is 0 Å². The van der Waals surface area contributed by atoms with E-state index < -0.39 is 0 Å². The molecule has 1 aliphatic heterocycles. The van der Waals surface area contributed by atoms with E-state index in [-0.39, 0.29) is 17.9 Å². The fourth-order valence-corrected chi connectivity index (χ4v) is 3.66. The second-order valence-electron chi connectivity index (χ2n) is 7.17. The van der Waals surface area contributed by atoms with Crippen LogP contribution in [0.2, 0.25) is 0 Å². The first-order chi connectivity index (χ1) is 12.6. The second kappa shape index (κ2) is 8.32. The highest BCUT2D eigenvalue weighted by Crippen LogP contribution is 2.22. The molecule has 0 aliphatic carbocycles. The van der Waals surface area contributed by atoms with Gasteiger partial charge < -0.3 is 16.0 Å². The first-order valence-electron chi connectivity index (χ1n) is 9.35. The Morgan fingerprint density at radius 1 is 1.19 bits per heavy atom. The molecule has 1 fully saturated rings. The van der Waals surface area contributed by atoms with E-state index in [1.54, 1.807) is 0 Å². The van der Waals surface area contributed by atoms with Crippen molar-refractivity contribution in [3.63, 3.8) is 0 Å². The first kappa shape index (κ1) is 18.4. The van der Waals surface area contributed by atoms with E-state index in [1.807, 2.05) is 47.4 Å². The van der Waals surface area contributed by atoms with Gasteiger partial charge in [-0.15, -0.1) is 0 Å². The maximum atomic E-state index is 12.5. The number of piperidine rings is 1. The van der Waals surface area contributed by atoms with Crippen LogP contribution in [0.3, 0.4) is 0 Å². The highest BCUT2D eigenvalue weighted by molar-refractivity contribution is 5.98. The van der Waals surface area contributed by atoms with Crippen LogP contribution in [0.5, 0.6) is 0 Å². The van der Waals surface area contributed by atoms with Crippen LogP contribution in [-0.4, -0.2) is 42.4 Å². The fourth-order valence-electron chi connectivity index (χ4n) is 3.66. The fraction of sp³-hybridized carbons (Fsp3) is 0.429. The van der Waals surface area contributed by atoms with E-state index in [0.29, 0.717) is 31.0 Å². The van der Waals surface area contributed by atoms with Crippen molar-refractivity contribution in [3.8, 4) is 0 Å². The molecule has 2 atom stereocenters. The number of nitrogens with zero attached hydrogens (tertiary/aromatic N) is 1. The Morgan fingerprint density at radius 3 is 2.73 bits per heavy atom. The van der Waals surface area contributed by atoms with Crippen LogP contribution in [0.4, 0.5) is 0 Å². The summed E-state index contributed by atoms with van der Waals surface area (Å²) >= 11 is 0. The van der Waals surface area contributed by atoms with Gasteiger partial charge in [0.1, 0.15) is 0 Å². The van der Waals surface area contributed by atoms with Crippen LogP contribution in [0.15, 0.2) is 42.5 Å². The third kappa shape index (κ3) is 4.22. The molecule has 2 aromatic rings. The maximum absolute atomic E-state index is 12.5. The maximum Gasteiger partial charge on any atom is 0.251 e. The van der Waals surface area contributed by atoms with E-state index in [4.69, 9.17) is 5.73 Å². The standard InChI is InChI=1S/C21H27N3O2/c1-15-9-11-24(19(12-15)14-22)20(25)8-10-23-21(26)18-7-6-16-4-2-3-5-17(16)13-18/h2-7,13,15,19H,8-12,14,22H2,1H3,(H,23,26). The molecular weight excluding hydrogens is 326 g/mol. The van der Waals surface area contributed by atoms with E-state index in [2.05, 4.69) is 12.2 Å². The summed E-state index contributed by atoms with van der Waals surface area (Å²) < 4.78 is 0. The number of nitrogens with one attached hydrogen (secondary N) is 1. The number of hydrogen-bond donors (Lipinski definition) is 2.